The third kappa shape index (κ3) is 5.85. The summed E-state index contributed by atoms with van der Waals surface area (Å²) >= 11 is 0. The summed E-state index contributed by atoms with van der Waals surface area (Å²) in [5.41, 5.74) is 2.11. The standard InChI is InChI=1S/C29H35F2N7O2/c30-29(31)8-12-36(13-9-29)25(21-18-33-28(34-19-21)38-14-16-40-17-15-38)20-32-27(39)23-4-3-5-24-22(23)6-7-26(35-24)37-10-1-2-11-37/h3-7,18-19,25H,1-2,8-17,20H2,(H,32,39). The fraction of sp³-hybridized carbons (Fsp3) is 0.517. The number of hydrogen-bond donors (Lipinski definition) is 1. The maximum absolute atomic E-state index is 14.0. The Hall–Kier alpha value is -3.44. The van der Waals surface area contributed by atoms with Gasteiger partial charge < -0.3 is 19.9 Å². The lowest BCUT2D eigenvalue weighted by Crippen LogP contribution is -2.45. The number of piperidine rings is 1. The number of hydrogen-bond acceptors (Lipinski definition) is 8. The van der Waals surface area contributed by atoms with Gasteiger partial charge in [0.05, 0.1) is 24.8 Å². The number of benzene rings is 1. The molecular weight excluding hydrogens is 516 g/mol. The Morgan fingerprint density at radius 3 is 2.40 bits per heavy atom. The largest absolute Gasteiger partial charge is 0.378 e. The Balaban J connectivity index is 1.20. The summed E-state index contributed by atoms with van der Waals surface area (Å²) in [5, 5.41) is 3.85. The topological polar surface area (TPSA) is 86.7 Å². The highest BCUT2D eigenvalue weighted by Gasteiger charge is 2.37. The van der Waals surface area contributed by atoms with Crippen molar-refractivity contribution in [1.29, 1.82) is 0 Å². The Morgan fingerprint density at radius 2 is 1.68 bits per heavy atom. The van der Waals surface area contributed by atoms with E-state index in [1.54, 1.807) is 18.5 Å². The molecule has 3 saturated heterocycles. The molecule has 1 N–H and O–H groups in total. The summed E-state index contributed by atoms with van der Waals surface area (Å²) < 4.78 is 33.3. The highest BCUT2D eigenvalue weighted by molar-refractivity contribution is 6.06. The van der Waals surface area contributed by atoms with Crippen molar-refractivity contribution in [2.45, 2.75) is 37.6 Å². The van der Waals surface area contributed by atoms with Crippen molar-refractivity contribution < 1.29 is 18.3 Å². The number of carbonyl (C=O) groups is 1. The van der Waals surface area contributed by atoms with Crippen LogP contribution in [0.4, 0.5) is 20.5 Å². The molecule has 2 aromatic heterocycles. The summed E-state index contributed by atoms with van der Waals surface area (Å²) in [6, 6.07) is 9.19. The average Bonchev–Trinajstić information content (AvgIpc) is 3.53. The van der Waals surface area contributed by atoms with Crippen LogP contribution in [-0.4, -0.2) is 90.7 Å². The van der Waals surface area contributed by atoms with E-state index in [0.29, 0.717) is 24.7 Å². The van der Waals surface area contributed by atoms with Crippen LogP contribution in [0.15, 0.2) is 42.7 Å². The zero-order chi connectivity index (χ0) is 27.5. The molecule has 3 aliphatic heterocycles. The van der Waals surface area contributed by atoms with Crippen LogP contribution in [0.2, 0.25) is 0 Å². The summed E-state index contributed by atoms with van der Waals surface area (Å²) in [6.07, 6.45) is 5.42. The van der Waals surface area contributed by atoms with Gasteiger partial charge in [-0.05, 0) is 37.1 Å². The van der Waals surface area contributed by atoms with Crippen LogP contribution < -0.4 is 15.1 Å². The molecule has 6 rings (SSSR count). The van der Waals surface area contributed by atoms with Gasteiger partial charge in [-0.3, -0.25) is 9.69 Å². The SMILES string of the molecule is O=C(NCC(c1cnc(N2CCOCC2)nc1)N1CCC(F)(F)CC1)c1cccc2nc(N3CCCC3)ccc12. The maximum atomic E-state index is 14.0. The lowest BCUT2D eigenvalue weighted by Gasteiger charge is -2.37. The Kier molecular flexibility index (Phi) is 7.75. The molecule has 1 amide bonds. The second-order valence-electron chi connectivity index (χ2n) is 10.8. The van der Waals surface area contributed by atoms with Crippen LogP contribution in [0.1, 0.15) is 47.6 Å². The zero-order valence-electron chi connectivity index (χ0n) is 22.6. The first-order valence-corrected chi connectivity index (χ1v) is 14.2. The van der Waals surface area contributed by atoms with E-state index in [4.69, 9.17) is 9.72 Å². The summed E-state index contributed by atoms with van der Waals surface area (Å²) in [4.78, 5) is 33.7. The number of amides is 1. The van der Waals surface area contributed by atoms with Gasteiger partial charge in [-0.2, -0.15) is 0 Å². The number of rotatable bonds is 7. The molecule has 0 bridgehead atoms. The van der Waals surface area contributed by atoms with Crippen LogP contribution >= 0.6 is 0 Å². The Labute approximate surface area is 232 Å². The van der Waals surface area contributed by atoms with Gasteiger partial charge >= 0.3 is 0 Å². The van der Waals surface area contributed by atoms with Crippen LogP contribution in [0.3, 0.4) is 0 Å². The van der Waals surface area contributed by atoms with Crippen molar-refractivity contribution in [3.8, 4) is 0 Å². The molecule has 3 aromatic rings. The lowest BCUT2D eigenvalue weighted by atomic mass is 10.0. The minimum atomic E-state index is -2.66. The molecule has 0 saturated carbocycles. The van der Waals surface area contributed by atoms with E-state index in [2.05, 4.69) is 25.1 Å². The minimum absolute atomic E-state index is 0.210. The molecule has 11 heteroatoms. The van der Waals surface area contributed by atoms with Gasteiger partial charge in [-0.25, -0.2) is 23.7 Å². The fourth-order valence-electron chi connectivity index (χ4n) is 5.80. The molecular formula is C29H35F2N7O2. The predicted octanol–water partition coefficient (Wildman–Crippen LogP) is 3.66. The highest BCUT2D eigenvalue weighted by atomic mass is 19.3. The van der Waals surface area contributed by atoms with E-state index in [0.717, 1.165) is 48.5 Å². The van der Waals surface area contributed by atoms with E-state index in [9.17, 15) is 13.6 Å². The lowest BCUT2D eigenvalue weighted by molar-refractivity contribution is -0.0632. The highest BCUT2D eigenvalue weighted by Crippen LogP contribution is 2.32. The van der Waals surface area contributed by atoms with E-state index in [1.807, 2.05) is 29.2 Å². The molecule has 212 valence electrons. The number of ether oxygens (including phenoxy) is 1. The molecule has 5 heterocycles. The molecule has 0 spiro atoms. The van der Waals surface area contributed by atoms with Gasteiger partial charge in [0.25, 0.3) is 11.8 Å². The quantitative estimate of drug-likeness (QED) is 0.476. The molecule has 40 heavy (non-hydrogen) atoms. The number of nitrogens with zero attached hydrogens (tertiary/aromatic N) is 6. The number of carbonyl (C=O) groups excluding carboxylic acids is 1. The first-order chi connectivity index (χ1) is 19.5. The van der Waals surface area contributed by atoms with Gasteiger partial charge in [0.1, 0.15) is 5.82 Å². The summed E-state index contributed by atoms with van der Waals surface area (Å²) in [7, 11) is 0. The van der Waals surface area contributed by atoms with Crippen molar-refractivity contribution in [3.05, 3.63) is 53.9 Å². The Bertz CT molecular complexity index is 1320. The number of pyridine rings is 1. The van der Waals surface area contributed by atoms with Crippen molar-refractivity contribution in [1.82, 2.24) is 25.2 Å². The van der Waals surface area contributed by atoms with Gasteiger partial charge in [-0.15, -0.1) is 0 Å². The van der Waals surface area contributed by atoms with E-state index in [1.165, 1.54) is 12.8 Å². The number of aromatic nitrogens is 3. The number of morpholine rings is 1. The number of nitrogens with one attached hydrogen (secondary N) is 1. The van der Waals surface area contributed by atoms with E-state index < -0.39 is 5.92 Å². The van der Waals surface area contributed by atoms with Crippen LogP contribution in [-0.2, 0) is 4.74 Å². The Morgan fingerprint density at radius 1 is 0.950 bits per heavy atom. The fourth-order valence-corrected chi connectivity index (χ4v) is 5.80. The predicted molar refractivity (Wildman–Crippen MR) is 149 cm³/mol. The first kappa shape index (κ1) is 26.8. The molecule has 1 unspecified atom stereocenters. The number of alkyl halides is 2. The third-order valence-electron chi connectivity index (χ3n) is 8.16. The zero-order valence-corrected chi connectivity index (χ0v) is 22.6. The first-order valence-electron chi connectivity index (χ1n) is 14.2. The molecule has 3 fully saturated rings. The average molecular weight is 552 g/mol. The molecule has 1 atom stereocenters. The second kappa shape index (κ2) is 11.6. The van der Waals surface area contributed by atoms with Crippen LogP contribution in [0.5, 0.6) is 0 Å². The number of anilines is 2. The van der Waals surface area contributed by atoms with Gasteiger partial charge in [-0.1, -0.05) is 6.07 Å². The minimum Gasteiger partial charge on any atom is -0.378 e. The van der Waals surface area contributed by atoms with Crippen LogP contribution in [0, 0.1) is 0 Å². The number of likely N-dealkylation sites (tertiary alicyclic amines) is 1. The number of halogens is 2. The molecule has 0 radical (unpaired) electrons. The molecule has 1 aromatic carbocycles. The smallest absolute Gasteiger partial charge is 0.252 e. The van der Waals surface area contributed by atoms with Crippen molar-refractivity contribution in [3.63, 3.8) is 0 Å². The van der Waals surface area contributed by atoms with Crippen molar-refractivity contribution in [2.75, 3.05) is 68.8 Å². The monoisotopic (exact) mass is 551 g/mol. The van der Waals surface area contributed by atoms with Crippen molar-refractivity contribution in [2.24, 2.45) is 0 Å². The normalized spacial score (nSPS) is 20.6. The van der Waals surface area contributed by atoms with Crippen LogP contribution in [0.25, 0.3) is 10.9 Å². The van der Waals surface area contributed by atoms with Gasteiger partial charge in [0.2, 0.25) is 5.95 Å². The number of fused-ring (bicyclic) bond motifs is 1. The summed E-state index contributed by atoms with van der Waals surface area (Å²) in [6.45, 7) is 5.42. The second-order valence-corrected chi connectivity index (χ2v) is 10.8. The van der Waals surface area contributed by atoms with Crippen molar-refractivity contribution >= 4 is 28.6 Å². The molecule has 3 aliphatic rings. The van der Waals surface area contributed by atoms with Gasteiger partial charge in [0.15, 0.2) is 0 Å². The van der Waals surface area contributed by atoms with E-state index >= 15 is 0 Å². The van der Waals surface area contributed by atoms with E-state index in [-0.39, 0.29) is 44.4 Å². The molecule has 0 aliphatic carbocycles. The maximum Gasteiger partial charge on any atom is 0.252 e. The van der Waals surface area contributed by atoms with Gasteiger partial charge in [0, 0.05) is 87.6 Å². The third-order valence-corrected chi connectivity index (χ3v) is 8.16. The summed E-state index contributed by atoms with van der Waals surface area (Å²) in [5.74, 6) is -1.33. The molecule has 9 nitrogen and oxygen atoms in total.